The minimum atomic E-state index is -0.187. The van der Waals surface area contributed by atoms with Crippen LogP contribution < -0.4 is 5.32 Å². The predicted molar refractivity (Wildman–Crippen MR) is 58.7 cm³/mol. The van der Waals surface area contributed by atoms with E-state index in [2.05, 4.69) is 12.2 Å². The Morgan fingerprint density at radius 1 is 1.07 bits per heavy atom. The molecule has 0 saturated heterocycles. The van der Waals surface area contributed by atoms with Crippen molar-refractivity contribution in [2.24, 2.45) is 0 Å². The summed E-state index contributed by atoms with van der Waals surface area (Å²) in [6, 6.07) is 6.46. The smallest absolute Gasteiger partial charge is 0.123 e. The summed E-state index contributed by atoms with van der Waals surface area (Å²) < 4.78 is 12.5. The van der Waals surface area contributed by atoms with Crippen LogP contribution in [0.15, 0.2) is 24.3 Å². The lowest BCUT2D eigenvalue weighted by molar-refractivity contribution is 0.628. The lowest BCUT2D eigenvalue weighted by Crippen LogP contribution is -2.00. The molecule has 1 nitrogen and oxygen atoms in total. The highest BCUT2D eigenvalue weighted by atomic mass is 19.1. The van der Waals surface area contributed by atoms with Gasteiger partial charge in [-0.1, -0.05) is 26.2 Å². The molecule has 0 fully saturated rings. The molecule has 14 heavy (non-hydrogen) atoms. The second kappa shape index (κ2) is 6.41. The Labute approximate surface area is 85.3 Å². The Balaban J connectivity index is 2.15. The van der Waals surface area contributed by atoms with Crippen molar-refractivity contribution in [3.8, 4) is 0 Å². The summed E-state index contributed by atoms with van der Waals surface area (Å²) in [6.07, 6.45) is 4.55. The molecular weight excluding hydrogens is 177 g/mol. The normalized spacial score (nSPS) is 10.1. The predicted octanol–water partition coefficient (Wildman–Crippen LogP) is 3.63. The van der Waals surface area contributed by atoms with Crippen LogP contribution in [0, 0.1) is 12.7 Å². The average molecular weight is 194 g/mol. The number of halogens is 1. The third-order valence-electron chi connectivity index (χ3n) is 2.10. The molecule has 77 valence electrons. The Bertz CT molecular complexity index is 243. The van der Waals surface area contributed by atoms with E-state index in [1.165, 1.54) is 25.0 Å². The third-order valence-corrected chi connectivity index (χ3v) is 2.10. The maximum absolute atomic E-state index is 12.5. The molecule has 0 spiro atoms. The van der Waals surface area contributed by atoms with E-state index in [-0.39, 0.29) is 5.82 Å². The van der Waals surface area contributed by atoms with E-state index in [0.717, 1.165) is 25.1 Å². The van der Waals surface area contributed by atoms with Crippen molar-refractivity contribution >= 4 is 5.69 Å². The fourth-order valence-electron chi connectivity index (χ4n) is 1.28. The molecule has 1 aromatic carbocycles. The van der Waals surface area contributed by atoms with Gasteiger partial charge in [-0.05, 0) is 30.7 Å². The number of hydrogen-bond acceptors (Lipinski definition) is 1. The van der Waals surface area contributed by atoms with E-state index in [9.17, 15) is 4.39 Å². The molecule has 1 N–H and O–H groups in total. The highest BCUT2D eigenvalue weighted by Crippen LogP contribution is 2.08. The topological polar surface area (TPSA) is 12.0 Å². The minimum Gasteiger partial charge on any atom is -0.385 e. The molecule has 0 atom stereocenters. The summed E-state index contributed by atoms with van der Waals surface area (Å²) in [5.74, 6) is -0.187. The molecule has 0 saturated carbocycles. The van der Waals surface area contributed by atoms with Gasteiger partial charge in [-0.2, -0.15) is 0 Å². The van der Waals surface area contributed by atoms with Crippen LogP contribution in [0.2, 0.25) is 0 Å². The van der Waals surface area contributed by atoms with Gasteiger partial charge in [-0.15, -0.1) is 0 Å². The molecule has 0 amide bonds. The molecule has 0 unspecified atom stereocenters. The van der Waals surface area contributed by atoms with Crippen molar-refractivity contribution in [3.05, 3.63) is 37.0 Å². The van der Waals surface area contributed by atoms with Crippen LogP contribution in [0.4, 0.5) is 10.1 Å². The van der Waals surface area contributed by atoms with Gasteiger partial charge in [0.25, 0.3) is 0 Å². The van der Waals surface area contributed by atoms with Gasteiger partial charge in [-0.3, -0.25) is 0 Å². The van der Waals surface area contributed by atoms with E-state index in [1.807, 2.05) is 0 Å². The number of hydrogen-bond donors (Lipinski definition) is 1. The summed E-state index contributed by atoms with van der Waals surface area (Å²) in [5, 5.41) is 3.24. The van der Waals surface area contributed by atoms with Crippen LogP contribution in [-0.4, -0.2) is 6.54 Å². The van der Waals surface area contributed by atoms with Gasteiger partial charge < -0.3 is 5.32 Å². The summed E-state index contributed by atoms with van der Waals surface area (Å²) in [5.41, 5.74) is 0.987. The van der Waals surface area contributed by atoms with Crippen LogP contribution in [0.25, 0.3) is 0 Å². The summed E-state index contributed by atoms with van der Waals surface area (Å²) >= 11 is 0. The zero-order valence-corrected chi connectivity index (χ0v) is 8.43. The van der Waals surface area contributed by atoms with Crippen LogP contribution in [0.3, 0.4) is 0 Å². The second-order valence-electron chi connectivity index (χ2n) is 3.35. The van der Waals surface area contributed by atoms with Crippen molar-refractivity contribution in [1.29, 1.82) is 0 Å². The molecule has 2 heteroatoms. The molecule has 0 bridgehead atoms. The van der Waals surface area contributed by atoms with Crippen LogP contribution in [-0.2, 0) is 0 Å². The molecular formula is C12H17FN. The third kappa shape index (κ3) is 4.26. The molecule has 0 aliphatic rings. The van der Waals surface area contributed by atoms with Crippen molar-refractivity contribution in [2.75, 3.05) is 11.9 Å². The maximum atomic E-state index is 12.5. The number of benzene rings is 1. The molecule has 1 aromatic rings. The molecule has 1 rings (SSSR count). The van der Waals surface area contributed by atoms with E-state index in [0.29, 0.717) is 0 Å². The quantitative estimate of drug-likeness (QED) is 0.682. The standard InChI is InChI=1S/C12H17FN/c1-2-3-4-5-10-14-12-8-6-11(13)7-9-12/h6-9,14H,1-5,10H2. The summed E-state index contributed by atoms with van der Waals surface area (Å²) in [4.78, 5) is 0. The summed E-state index contributed by atoms with van der Waals surface area (Å²) in [7, 11) is 0. The van der Waals surface area contributed by atoms with E-state index >= 15 is 0 Å². The average Bonchev–Trinajstić information content (AvgIpc) is 2.21. The first kappa shape index (κ1) is 11.0. The van der Waals surface area contributed by atoms with Crippen LogP contribution in [0.1, 0.15) is 25.7 Å². The Kier molecular flexibility index (Phi) is 5.05. The van der Waals surface area contributed by atoms with Gasteiger partial charge in [0, 0.05) is 12.2 Å². The van der Waals surface area contributed by atoms with Gasteiger partial charge >= 0.3 is 0 Å². The van der Waals surface area contributed by atoms with Gasteiger partial charge in [0.05, 0.1) is 0 Å². The summed E-state index contributed by atoms with van der Waals surface area (Å²) in [6.45, 7) is 4.74. The van der Waals surface area contributed by atoms with Gasteiger partial charge in [0.1, 0.15) is 5.82 Å². The largest absolute Gasteiger partial charge is 0.385 e. The number of nitrogens with one attached hydrogen (secondary N) is 1. The van der Waals surface area contributed by atoms with Crippen molar-refractivity contribution in [3.63, 3.8) is 0 Å². The van der Waals surface area contributed by atoms with Gasteiger partial charge in [-0.25, -0.2) is 4.39 Å². The highest BCUT2D eigenvalue weighted by Gasteiger charge is 1.92. The molecule has 1 radical (unpaired) electrons. The van der Waals surface area contributed by atoms with Crippen molar-refractivity contribution in [2.45, 2.75) is 25.7 Å². The maximum Gasteiger partial charge on any atom is 0.123 e. The minimum absolute atomic E-state index is 0.187. The van der Waals surface area contributed by atoms with Crippen LogP contribution >= 0.6 is 0 Å². The van der Waals surface area contributed by atoms with Crippen molar-refractivity contribution in [1.82, 2.24) is 0 Å². The Morgan fingerprint density at radius 2 is 1.79 bits per heavy atom. The zero-order valence-electron chi connectivity index (χ0n) is 8.43. The highest BCUT2D eigenvalue weighted by molar-refractivity contribution is 5.42. The van der Waals surface area contributed by atoms with E-state index in [4.69, 9.17) is 0 Å². The number of unbranched alkanes of at least 4 members (excludes halogenated alkanes) is 3. The fourth-order valence-corrected chi connectivity index (χ4v) is 1.28. The molecule has 0 heterocycles. The Hall–Kier alpha value is -1.05. The first-order chi connectivity index (χ1) is 6.83. The van der Waals surface area contributed by atoms with E-state index < -0.39 is 0 Å². The zero-order chi connectivity index (χ0) is 10.2. The first-order valence-electron chi connectivity index (χ1n) is 5.11. The van der Waals surface area contributed by atoms with Gasteiger partial charge in [0.2, 0.25) is 0 Å². The molecule has 0 aromatic heterocycles. The lowest BCUT2D eigenvalue weighted by Gasteiger charge is -2.05. The molecule has 0 aliphatic carbocycles. The van der Waals surface area contributed by atoms with Crippen molar-refractivity contribution < 1.29 is 4.39 Å². The van der Waals surface area contributed by atoms with Crippen LogP contribution in [0.5, 0.6) is 0 Å². The lowest BCUT2D eigenvalue weighted by atomic mass is 10.2. The van der Waals surface area contributed by atoms with Gasteiger partial charge in [0.15, 0.2) is 0 Å². The number of anilines is 1. The first-order valence-corrected chi connectivity index (χ1v) is 5.11. The van der Waals surface area contributed by atoms with E-state index in [1.54, 1.807) is 12.1 Å². The Morgan fingerprint density at radius 3 is 2.43 bits per heavy atom. The molecule has 0 aliphatic heterocycles. The SMILES string of the molecule is [CH2]CCCCCNc1ccc(F)cc1. The monoisotopic (exact) mass is 194 g/mol. The fraction of sp³-hybridized carbons (Fsp3) is 0.417. The second-order valence-corrected chi connectivity index (χ2v) is 3.35. The number of rotatable bonds is 6.